The number of nitrogens with one attached hydrogen (secondary N) is 3. The molecular weight excluding hydrogens is 266 g/mol. The molecule has 0 spiro atoms. The lowest BCUT2D eigenvalue weighted by atomic mass is 9.81. The van der Waals surface area contributed by atoms with Gasteiger partial charge in [0.1, 0.15) is 5.82 Å². The summed E-state index contributed by atoms with van der Waals surface area (Å²) >= 11 is 0. The van der Waals surface area contributed by atoms with Gasteiger partial charge in [-0.25, -0.2) is 5.84 Å². The predicted molar refractivity (Wildman–Crippen MR) is 83.7 cm³/mol. The molecule has 0 unspecified atom stereocenters. The van der Waals surface area contributed by atoms with E-state index in [1.54, 1.807) is 6.20 Å². The minimum absolute atomic E-state index is 0.393. The Hall–Kier alpha value is -1.89. The van der Waals surface area contributed by atoms with E-state index in [4.69, 9.17) is 5.84 Å². The first-order valence-corrected chi connectivity index (χ1v) is 7.71. The van der Waals surface area contributed by atoms with Crippen molar-refractivity contribution in [2.24, 2.45) is 17.7 Å². The summed E-state index contributed by atoms with van der Waals surface area (Å²) in [4.78, 5) is 8.61. The fourth-order valence-electron chi connectivity index (χ4n) is 3.12. The van der Waals surface area contributed by atoms with E-state index in [0.717, 1.165) is 29.6 Å². The van der Waals surface area contributed by atoms with E-state index < -0.39 is 0 Å². The highest BCUT2D eigenvalue weighted by atomic mass is 15.3. The van der Waals surface area contributed by atoms with Crippen LogP contribution in [0, 0.1) is 11.8 Å². The molecule has 3 rings (SSSR count). The normalized spacial score (nSPS) is 22.4. The molecule has 7 heteroatoms. The van der Waals surface area contributed by atoms with Crippen molar-refractivity contribution >= 4 is 22.8 Å². The molecular formula is C14H23N7. The number of nitrogens with two attached hydrogens (primary N) is 1. The Labute approximate surface area is 124 Å². The zero-order valence-electron chi connectivity index (χ0n) is 12.4. The van der Waals surface area contributed by atoms with Crippen LogP contribution < -0.4 is 16.6 Å². The number of nitrogen functional groups attached to an aromatic ring is 1. The van der Waals surface area contributed by atoms with Crippen LogP contribution in [0.3, 0.4) is 0 Å². The number of H-pyrrole nitrogens is 1. The fourth-order valence-corrected chi connectivity index (χ4v) is 3.12. The molecule has 0 amide bonds. The highest BCUT2D eigenvalue weighted by Gasteiger charge is 2.20. The number of aromatic amines is 1. The van der Waals surface area contributed by atoms with Crippen molar-refractivity contribution in [2.45, 2.75) is 39.0 Å². The van der Waals surface area contributed by atoms with Gasteiger partial charge in [0.15, 0.2) is 5.65 Å². The minimum atomic E-state index is 0.393. The maximum atomic E-state index is 5.41. The SMILES string of the molecule is CCC1CCC(CNc2nc(NN)nc3[nH]ncc23)CC1. The second-order valence-electron chi connectivity index (χ2n) is 5.85. The average Bonchev–Trinajstić information content (AvgIpc) is 3.01. The Bertz CT molecular complexity index is 586. The smallest absolute Gasteiger partial charge is 0.241 e. The van der Waals surface area contributed by atoms with Crippen LogP contribution in [0.25, 0.3) is 11.0 Å². The van der Waals surface area contributed by atoms with Gasteiger partial charge in [0, 0.05) is 6.54 Å². The van der Waals surface area contributed by atoms with Crippen LogP contribution in [0.5, 0.6) is 0 Å². The first kappa shape index (κ1) is 14.1. The van der Waals surface area contributed by atoms with Crippen molar-refractivity contribution in [1.82, 2.24) is 20.2 Å². The minimum Gasteiger partial charge on any atom is -0.369 e. The summed E-state index contributed by atoms with van der Waals surface area (Å²) in [6.07, 6.45) is 8.35. The van der Waals surface area contributed by atoms with Gasteiger partial charge >= 0.3 is 0 Å². The number of hydrogen-bond donors (Lipinski definition) is 4. The molecule has 21 heavy (non-hydrogen) atoms. The second kappa shape index (κ2) is 6.26. The molecule has 0 radical (unpaired) electrons. The van der Waals surface area contributed by atoms with Crippen molar-refractivity contribution in [3.8, 4) is 0 Å². The number of nitrogens with zero attached hydrogens (tertiary/aromatic N) is 3. The van der Waals surface area contributed by atoms with Gasteiger partial charge in [-0.05, 0) is 24.7 Å². The van der Waals surface area contributed by atoms with Crippen molar-refractivity contribution in [2.75, 3.05) is 17.3 Å². The summed E-state index contributed by atoms with van der Waals surface area (Å²) in [5.41, 5.74) is 3.18. The molecule has 2 heterocycles. The number of rotatable bonds is 5. The molecule has 0 aromatic carbocycles. The lowest BCUT2D eigenvalue weighted by Gasteiger charge is -2.28. The third-order valence-corrected chi connectivity index (χ3v) is 4.54. The molecule has 114 valence electrons. The van der Waals surface area contributed by atoms with Gasteiger partial charge in [0.2, 0.25) is 5.95 Å². The van der Waals surface area contributed by atoms with Crippen molar-refractivity contribution in [3.05, 3.63) is 6.20 Å². The van der Waals surface area contributed by atoms with Gasteiger partial charge in [0.05, 0.1) is 11.6 Å². The maximum Gasteiger partial charge on any atom is 0.241 e. The Morgan fingerprint density at radius 2 is 2.00 bits per heavy atom. The molecule has 2 aromatic heterocycles. The van der Waals surface area contributed by atoms with Crippen LogP contribution >= 0.6 is 0 Å². The summed E-state index contributed by atoms with van der Waals surface area (Å²) in [5.74, 6) is 8.24. The first-order chi connectivity index (χ1) is 10.3. The lowest BCUT2D eigenvalue weighted by molar-refractivity contribution is 0.278. The Morgan fingerprint density at radius 3 is 2.71 bits per heavy atom. The summed E-state index contributed by atoms with van der Waals surface area (Å²) in [6, 6.07) is 0. The Balaban J connectivity index is 1.66. The molecule has 0 saturated heterocycles. The van der Waals surface area contributed by atoms with Crippen LogP contribution in [-0.2, 0) is 0 Å². The van der Waals surface area contributed by atoms with Crippen molar-refractivity contribution in [1.29, 1.82) is 0 Å². The second-order valence-corrected chi connectivity index (χ2v) is 5.85. The Kier molecular flexibility index (Phi) is 4.19. The Morgan fingerprint density at radius 1 is 1.24 bits per heavy atom. The molecule has 1 aliphatic carbocycles. The van der Waals surface area contributed by atoms with Crippen LogP contribution in [-0.4, -0.2) is 26.7 Å². The average molecular weight is 289 g/mol. The molecule has 0 bridgehead atoms. The highest BCUT2D eigenvalue weighted by molar-refractivity contribution is 5.86. The van der Waals surface area contributed by atoms with Gasteiger partial charge in [-0.2, -0.15) is 15.1 Å². The van der Waals surface area contributed by atoms with Crippen LogP contribution in [0.2, 0.25) is 0 Å². The van der Waals surface area contributed by atoms with Crippen LogP contribution in [0.4, 0.5) is 11.8 Å². The van der Waals surface area contributed by atoms with E-state index >= 15 is 0 Å². The van der Waals surface area contributed by atoms with Gasteiger partial charge in [-0.1, -0.05) is 26.2 Å². The van der Waals surface area contributed by atoms with Gasteiger partial charge in [-0.15, -0.1) is 0 Å². The van der Waals surface area contributed by atoms with Crippen LogP contribution in [0.15, 0.2) is 6.20 Å². The topological polar surface area (TPSA) is 105 Å². The fraction of sp³-hybridized carbons (Fsp3) is 0.643. The molecule has 1 fully saturated rings. The maximum absolute atomic E-state index is 5.41. The largest absolute Gasteiger partial charge is 0.369 e. The van der Waals surface area contributed by atoms with E-state index in [9.17, 15) is 0 Å². The predicted octanol–water partition coefficient (Wildman–Crippen LogP) is 2.27. The number of aromatic nitrogens is 4. The van der Waals surface area contributed by atoms with Gasteiger partial charge < -0.3 is 5.32 Å². The molecule has 5 N–H and O–H groups in total. The molecule has 7 nitrogen and oxygen atoms in total. The zero-order valence-corrected chi connectivity index (χ0v) is 12.4. The summed E-state index contributed by atoms with van der Waals surface area (Å²) in [7, 11) is 0. The lowest BCUT2D eigenvalue weighted by Crippen LogP contribution is -2.21. The molecule has 0 aliphatic heterocycles. The van der Waals surface area contributed by atoms with Gasteiger partial charge in [-0.3, -0.25) is 10.5 Å². The van der Waals surface area contributed by atoms with E-state index in [-0.39, 0.29) is 0 Å². The quantitative estimate of drug-likeness (QED) is 0.497. The third-order valence-electron chi connectivity index (χ3n) is 4.54. The van der Waals surface area contributed by atoms with E-state index in [1.165, 1.54) is 32.1 Å². The van der Waals surface area contributed by atoms with Crippen molar-refractivity contribution < 1.29 is 0 Å². The highest BCUT2D eigenvalue weighted by Crippen LogP contribution is 2.31. The molecule has 0 atom stereocenters. The zero-order chi connectivity index (χ0) is 14.7. The number of anilines is 2. The third kappa shape index (κ3) is 3.07. The summed E-state index contributed by atoms with van der Waals surface area (Å²) in [5, 5.41) is 11.2. The number of fused-ring (bicyclic) bond motifs is 1. The summed E-state index contributed by atoms with van der Waals surface area (Å²) < 4.78 is 0. The monoisotopic (exact) mass is 289 g/mol. The van der Waals surface area contributed by atoms with Crippen molar-refractivity contribution in [3.63, 3.8) is 0 Å². The van der Waals surface area contributed by atoms with Crippen LogP contribution in [0.1, 0.15) is 39.0 Å². The molecule has 1 aliphatic rings. The number of hydrogen-bond acceptors (Lipinski definition) is 6. The first-order valence-electron chi connectivity index (χ1n) is 7.71. The van der Waals surface area contributed by atoms with E-state index in [2.05, 4.69) is 37.8 Å². The summed E-state index contributed by atoms with van der Waals surface area (Å²) in [6.45, 7) is 3.23. The van der Waals surface area contributed by atoms with Gasteiger partial charge in [0.25, 0.3) is 0 Å². The number of hydrazine groups is 1. The standard InChI is InChI=1S/C14H23N7/c1-2-9-3-5-10(6-4-9)7-16-12-11-8-17-21-13(11)19-14(18-12)20-15/h8-10H,2-7,15H2,1H3,(H3,16,17,18,19,20,21). The van der Waals surface area contributed by atoms with E-state index in [0.29, 0.717) is 11.6 Å². The molecule has 1 saturated carbocycles. The van der Waals surface area contributed by atoms with E-state index in [1.807, 2.05) is 0 Å². The molecule has 2 aromatic rings.